The van der Waals surface area contributed by atoms with E-state index in [0.29, 0.717) is 5.92 Å². The molecule has 0 aliphatic carbocycles. The summed E-state index contributed by atoms with van der Waals surface area (Å²) in [6.07, 6.45) is 1.03. The quantitative estimate of drug-likeness (QED) is 0.620. The Morgan fingerprint density at radius 3 is 2.72 bits per heavy atom. The Balaban J connectivity index is 2.35. The maximum Gasteiger partial charge on any atom is 0.191 e. The standard InChI is InChI=1S/C13H22BrN3S/c1-4-15-13(17-9-10(2)3)16-8-7-11-5-6-12(14)18-11/h5-6,10H,4,7-9H2,1-3H3,(H2,15,16,17). The first-order valence-corrected chi connectivity index (χ1v) is 7.99. The van der Waals surface area contributed by atoms with Crippen molar-refractivity contribution in [3.05, 3.63) is 20.8 Å². The fourth-order valence-electron chi connectivity index (χ4n) is 1.41. The topological polar surface area (TPSA) is 36.4 Å². The van der Waals surface area contributed by atoms with E-state index in [-0.39, 0.29) is 0 Å². The van der Waals surface area contributed by atoms with Crippen LogP contribution in [-0.2, 0) is 6.42 Å². The van der Waals surface area contributed by atoms with Gasteiger partial charge in [0.05, 0.1) is 3.79 Å². The van der Waals surface area contributed by atoms with Crippen LogP contribution in [-0.4, -0.2) is 25.6 Å². The highest BCUT2D eigenvalue weighted by atomic mass is 79.9. The fraction of sp³-hybridized carbons (Fsp3) is 0.615. The summed E-state index contributed by atoms with van der Waals surface area (Å²) in [5, 5.41) is 6.63. The molecular formula is C13H22BrN3S. The third kappa shape index (κ3) is 6.40. The minimum Gasteiger partial charge on any atom is -0.357 e. The Bertz CT molecular complexity index is 374. The Hall–Kier alpha value is -0.550. The molecule has 5 heteroatoms. The molecule has 0 radical (unpaired) electrons. The van der Waals surface area contributed by atoms with Crippen molar-refractivity contribution < 1.29 is 0 Å². The van der Waals surface area contributed by atoms with Gasteiger partial charge in [0.15, 0.2) is 5.96 Å². The van der Waals surface area contributed by atoms with Crippen LogP contribution < -0.4 is 10.6 Å². The van der Waals surface area contributed by atoms with Gasteiger partial charge in [-0.05, 0) is 47.3 Å². The molecule has 0 atom stereocenters. The van der Waals surface area contributed by atoms with Gasteiger partial charge < -0.3 is 10.6 Å². The Kier molecular flexibility index (Phi) is 7.35. The summed E-state index contributed by atoms with van der Waals surface area (Å²) in [4.78, 5) is 5.92. The third-order valence-corrected chi connectivity index (χ3v) is 3.93. The maximum atomic E-state index is 4.54. The van der Waals surface area contributed by atoms with E-state index in [1.54, 1.807) is 11.3 Å². The SMILES string of the molecule is CCNC(=NCC(C)C)NCCc1ccc(Br)s1. The lowest BCUT2D eigenvalue weighted by Crippen LogP contribution is -2.38. The van der Waals surface area contributed by atoms with Gasteiger partial charge in [0.2, 0.25) is 0 Å². The van der Waals surface area contributed by atoms with Gasteiger partial charge >= 0.3 is 0 Å². The second-order valence-electron chi connectivity index (χ2n) is 4.50. The van der Waals surface area contributed by atoms with Gasteiger partial charge in [0.25, 0.3) is 0 Å². The van der Waals surface area contributed by atoms with E-state index in [1.807, 2.05) is 0 Å². The average molecular weight is 332 g/mol. The Morgan fingerprint density at radius 2 is 2.17 bits per heavy atom. The summed E-state index contributed by atoms with van der Waals surface area (Å²) in [6.45, 7) is 9.11. The summed E-state index contributed by atoms with van der Waals surface area (Å²) >= 11 is 5.27. The number of aliphatic imine (C=N–C) groups is 1. The smallest absolute Gasteiger partial charge is 0.191 e. The van der Waals surface area contributed by atoms with E-state index >= 15 is 0 Å². The first-order valence-electron chi connectivity index (χ1n) is 6.38. The lowest BCUT2D eigenvalue weighted by atomic mass is 10.2. The Morgan fingerprint density at radius 1 is 1.39 bits per heavy atom. The molecule has 0 aromatic carbocycles. The number of hydrogen-bond acceptors (Lipinski definition) is 2. The zero-order chi connectivity index (χ0) is 13.4. The van der Waals surface area contributed by atoms with Crippen LogP contribution >= 0.6 is 27.3 Å². The lowest BCUT2D eigenvalue weighted by molar-refractivity contribution is 0.656. The second-order valence-corrected chi connectivity index (χ2v) is 7.04. The van der Waals surface area contributed by atoms with Crippen molar-refractivity contribution in [3.8, 4) is 0 Å². The molecule has 0 fully saturated rings. The highest BCUT2D eigenvalue weighted by Crippen LogP contribution is 2.21. The van der Waals surface area contributed by atoms with E-state index in [4.69, 9.17) is 0 Å². The maximum absolute atomic E-state index is 4.54. The van der Waals surface area contributed by atoms with Gasteiger partial charge in [-0.15, -0.1) is 11.3 Å². The van der Waals surface area contributed by atoms with Crippen molar-refractivity contribution in [2.75, 3.05) is 19.6 Å². The second kappa shape index (κ2) is 8.53. The molecule has 0 unspecified atom stereocenters. The minimum absolute atomic E-state index is 0.591. The van der Waals surface area contributed by atoms with Gasteiger partial charge in [-0.1, -0.05) is 13.8 Å². The molecule has 1 aromatic rings. The van der Waals surface area contributed by atoms with Crippen molar-refractivity contribution in [1.29, 1.82) is 0 Å². The summed E-state index contributed by atoms with van der Waals surface area (Å²) in [5.74, 6) is 1.51. The predicted molar refractivity (Wildman–Crippen MR) is 84.5 cm³/mol. The van der Waals surface area contributed by atoms with Crippen LogP contribution in [0.4, 0.5) is 0 Å². The third-order valence-electron chi connectivity index (χ3n) is 2.25. The molecule has 0 spiro atoms. The molecule has 0 bridgehead atoms. The van der Waals surface area contributed by atoms with Crippen LogP contribution in [0.3, 0.4) is 0 Å². The number of nitrogens with zero attached hydrogens (tertiary/aromatic N) is 1. The van der Waals surface area contributed by atoms with Crippen LogP contribution in [0.1, 0.15) is 25.6 Å². The van der Waals surface area contributed by atoms with Crippen LogP contribution in [0.25, 0.3) is 0 Å². The summed E-state index contributed by atoms with van der Waals surface area (Å²) in [5.41, 5.74) is 0. The molecule has 18 heavy (non-hydrogen) atoms. The van der Waals surface area contributed by atoms with Crippen LogP contribution in [0.5, 0.6) is 0 Å². The van der Waals surface area contributed by atoms with Gasteiger partial charge in [-0.2, -0.15) is 0 Å². The van der Waals surface area contributed by atoms with E-state index in [9.17, 15) is 0 Å². The van der Waals surface area contributed by atoms with Gasteiger partial charge in [-0.3, -0.25) is 4.99 Å². The van der Waals surface area contributed by atoms with Crippen molar-refractivity contribution in [2.24, 2.45) is 10.9 Å². The van der Waals surface area contributed by atoms with E-state index in [0.717, 1.165) is 32.0 Å². The molecule has 0 aliphatic rings. The van der Waals surface area contributed by atoms with E-state index in [1.165, 1.54) is 8.66 Å². The molecule has 2 N–H and O–H groups in total. The minimum atomic E-state index is 0.591. The number of thiophene rings is 1. The van der Waals surface area contributed by atoms with Gasteiger partial charge in [-0.25, -0.2) is 0 Å². The molecule has 102 valence electrons. The van der Waals surface area contributed by atoms with E-state index in [2.05, 4.69) is 64.5 Å². The number of guanidine groups is 1. The van der Waals surface area contributed by atoms with Crippen LogP contribution in [0, 0.1) is 5.92 Å². The zero-order valence-corrected chi connectivity index (χ0v) is 13.7. The highest BCUT2D eigenvalue weighted by Gasteiger charge is 2.00. The van der Waals surface area contributed by atoms with Crippen molar-refractivity contribution in [1.82, 2.24) is 10.6 Å². The highest BCUT2D eigenvalue weighted by molar-refractivity contribution is 9.11. The molecule has 1 rings (SSSR count). The van der Waals surface area contributed by atoms with Crippen molar-refractivity contribution in [2.45, 2.75) is 27.2 Å². The molecule has 3 nitrogen and oxygen atoms in total. The van der Waals surface area contributed by atoms with Crippen molar-refractivity contribution in [3.63, 3.8) is 0 Å². The Labute approximate surface area is 122 Å². The van der Waals surface area contributed by atoms with Gasteiger partial charge in [0.1, 0.15) is 0 Å². The molecule has 0 aliphatic heterocycles. The normalized spacial score (nSPS) is 11.9. The molecular weight excluding hydrogens is 310 g/mol. The van der Waals surface area contributed by atoms with Crippen LogP contribution in [0.2, 0.25) is 0 Å². The summed E-state index contributed by atoms with van der Waals surface area (Å²) in [6, 6.07) is 4.26. The summed E-state index contributed by atoms with van der Waals surface area (Å²) < 4.78 is 1.19. The van der Waals surface area contributed by atoms with Gasteiger partial charge in [0, 0.05) is 24.5 Å². The molecule has 0 amide bonds. The monoisotopic (exact) mass is 331 g/mol. The van der Waals surface area contributed by atoms with Crippen molar-refractivity contribution >= 4 is 33.2 Å². The number of rotatable bonds is 6. The lowest BCUT2D eigenvalue weighted by Gasteiger charge is -2.11. The zero-order valence-electron chi connectivity index (χ0n) is 11.3. The first kappa shape index (κ1) is 15.5. The molecule has 1 heterocycles. The predicted octanol–water partition coefficient (Wildman–Crippen LogP) is 3.26. The van der Waals surface area contributed by atoms with E-state index < -0.39 is 0 Å². The molecule has 0 saturated heterocycles. The number of hydrogen-bond donors (Lipinski definition) is 2. The number of nitrogens with one attached hydrogen (secondary N) is 2. The average Bonchev–Trinajstić information content (AvgIpc) is 2.72. The fourth-order valence-corrected chi connectivity index (χ4v) is 2.89. The first-order chi connectivity index (χ1) is 8.61. The number of halogens is 1. The largest absolute Gasteiger partial charge is 0.357 e. The summed E-state index contributed by atoms with van der Waals surface area (Å²) in [7, 11) is 0. The molecule has 0 saturated carbocycles. The molecule has 1 aromatic heterocycles. The van der Waals surface area contributed by atoms with Crippen LogP contribution in [0.15, 0.2) is 20.9 Å².